The molecule has 5 nitrogen and oxygen atoms in total. The number of ether oxygens (including phenoxy) is 1. The quantitative estimate of drug-likeness (QED) is 0.890. The summed E-state index contributed by atoms with van der Waals surface area (Å²) < 4.78 is 4.57. The van der Waals surface area contributed by atoms with E-state index in [1.165, 1.54) is 39.5 Å². The third-order valence-electron chi connectivity index (χ3n) is 4.27. The monoisotopic (exact) mass is 275 g/mol. The normalized spacial score (nSPS) is 25.2. The number of benzene rings is 1. The van der Waals surface area contributed by atoms with Crippen molar-refractivity contribution in [1.29, 1.82) is 0 Å². The number of hydrogen-bond donors (Lipinski definition) is 2. The highest BCUT2D eigenvalue weighted by atomic mass is 16.5. The molecule has 0 aliphatic carbocycles. The van der Waals surface area contributed by atoms with Gasteiger partial charge in [-0.1, -0.05) is 0 Å². The van der Waals surface area contributed by atoms with Gasteiger partial charge in [0.05, 0.1) is 7.11 Å². The molecule has 0 aromatic heterocycles. The highest BCUT2D eigenvalue weighted by Gasteiger charge is 2.36. The molecule has 1 aromatic rings. The summed E-state index contributed by atoms with van der Waals surface area (Å²) in [5, 5.41) is 6.27. The first kappa shape index (κ1) is 13.2. The van der Waals surface area contributed by atoms with Crippen molar-refractivity contribution in [1.82, 2.24) is 4.90 Å². The molecule has 1 aromatic carbocycles. The van der Waals surface area contributed by atoms with Crippen LogP contribution in [0.5, 0.6) is 0 Å². The molecule has 2 N–H and O–H groups in total. The number of nitrogens with one attached hydrogen (secondary N) is 2. The largest absolute Gasteiger partial charge is 0.453 e. The van der Waals surface area contributed by atoms with Gasteiger partial charge in [0.25, 0.3) is 0 Å². The number of amides is 1. The molecule has 1 amide bonds. The molecule has 2 heterocycles. The van der Waals surface area contributed by atoms with Crippen molar-refractivity contribution < 1.29 is 9.53 Å². The number of nitrogens with zero attached hydrogens (tertiary/aromatic N) is 1. The van der Waals surface area contributed by atoms with Crippen LogP contribution in [0.2, 0.25) is 0 Å². The number of hydrogen-bond acceptors (Lipinski definition) is 4. The molecule has 2 aliphatic heterocycles. The summed E-state index contributed by atoms with van der Waals surface area (Å²) in [4.78, 5) is 13.7. The number of fused-ring (bicyclic) bond motifs is 1. The van der Waals surface area contributed by atoms with Gasteiger partial charge in [-0.3, -0.25) is 10.2 Å². The van der Waals surface area contributed by atoms with Crippen molar-refractivity contribution in [2.24, 2.45) is 0 Å². The number of carbonyl (C=O) groups is 1. The number of anilines is 2. The number of methoxy groups -OCH3 is 1. The van der Waals surface area contributed by atoms with Crippen molar-refractivity contribution in [2.75, 3.05) is 30.8 Å². The minimum absolute atomic E-state index is 0.442. The van der Waals surface area contributed by atoms with Crippen LogP contribution in [0.25, 0.3) is 0 Å². The lowest BCUT2D eigenvalue weighted by atomic mass is 10.1. The summed E-state index contributed by atoms with van der Waals surface area (Å²) in [5.41, 5.74) is 1.86. The molecular weight excluding hydrogens is 254 g/mol. The summed E-state index contributed by atoms with van der Waals surface area (Å²) >= 11 is 0. The van der Waals surface area contributed by atoms with E-state index in [1.807, 2.05) is 24.3 Å². The minimum atomic E-state index is -0.442. The van der Waals surface area contributed by atoms with Crippen molar-refractivity contribution in [3.05, 3.63) is 24.3 Å². The van der Waals surface area contributed by atoms with Crippen LogP contribution in [0.1, 0.15) is 19.3 Å². The Morgan fingerprint density at radius 3 is 2.70 bits per heavy atom. The summed E-state index contributed by atoms with van der Waals surface area (Å²) in [6.07, 6.45) is 3.40. The maximum atomic E-state index is 11.1. The molecular formula is C15H21N3O2. The molecule has 5 heteroatoms. The molecule has 2 saturated heterocycles. The van der Waals surface area contributed by atoms with Crippen LogP contribution in [0.3, 0.4) is 0 Å². The van der Waals surface area contributed by atoms with Gasteiger partial charge in [0, 0.05) is 30.0 Å². The Morgan fingerprint density at radius 1 is 1.20 bits per heavy atom. The van der Waals surface area contributed by atoms with Gasteiger partial charge in [0.15, 0.2) is 0 Å². The smallest absolute Gasteiger partial charge is 0.411 e. The van der Waals surface area contributed by atoms with E-state index < -0.39 is 6.09 Å². The fourth-order valence-electron chi connectivity index (χ4n) is 3.28. The maximum absolute atomic E-state index is 11.1. The summed E-state index contributed by atoms with van der Waals surface area (Å²) in [7, 11) is 1.36. The fraction of sp³-hybridized carbons (Fsp3) is 0.533. The van der Waals surface area contributed by atoms with E-state index in [9.17, 15) is 4.79 Å². The second kappa shape index (κ2) is 5.71. The Labute approximate surface area is 119 Å². The van der Waals surface area contributed by atoms with Crippen LogP contribution in [0, 0.1) is 0 Å². The highest BCUT2D eigenvalue weighted by molar-refractivity contribution is 5.84. The lowest BCUT2D eigenvalue weighted by Crippen LogP contribution is -2.33. The maximum Gasteiger partial charge on any atom is 0.411 e. The highest BCUT2D eigenvalue weighted by Crippen LogP contribution is 2.30. The first-order valence-corrected chi connectivity index (χ1v) is 7.22. The van der Waals surface area contributed by atoms with Gasteiger partial charge in [-0.2, -0.15) is 0 Å². The molecule has 108 valence electrons. The molecule has 0 saturated carbocycles. The lowest BCUT2D eigenvalue weighted by molar-refractivity contribution is 0.187. The van der Waals surface area contributed by atoms with Crippen LogP contribution in [0.15, 0.2) is 24.3 Å². The van der Waals surface area contributed by atoms with Crippen molar-refractivity contribution in [2.45, 2.75) is 31.3 Å². The van der Waals surface area contributed by atoms with Crippen LogP contribution in [0.4, 0.5) is 16.2 Å². The number of carbonyl (C=O) groups excluding carboxylic acids is 1. The molecule has 3 rings (SSSR count). The van der Waals surface area contributed by atoms with Gasteiger partial charge >= 0.3 is 6.09 Å². The Morgan fingerprint density at radius 2 is 1.95 bits per heavy atom. The molecule has 0 spiro atoms. The second-order valence-electron chi connectivity index (χ2n) is 5.48. The van der Waals surface area contributed by atoms with E-state index in [0.29, 0.717) is 12.1 Å². The first-order chi connectivity index (χ1) is 9.76. The Kier molecular flexibility index (Phi) is 3.78. The standard InChI is InChI=1S/C15H21N3O2/c1-20-15(19)17-12-6-4-11(5-7-12)16-13-8-10-18-9-2-3-14(13)18/h4-7,13-14,16H,2-3,8-10H2,1H3,(H,17,19). The van der Waals surface area contributed by atoms with Crippen LogP contribution < -0.4 is 10.6 Å². The molecule has 2 atom stereocenters. The Bertz CT molecular complexity index is 475. The zero-order valence-electron chi connectivity index (χ0n) is 11.8. The zero-order valence-corrected chi connectivity index (χ0v) is 11.8. The van der Waals surface area contributed by atoms with Crippen molar-refractivity contribution in [3.63, 3.8) is 0 Å². The van der Waals surface area contributed by atoms with E-state index in [0.717, 1.165) is 11.4 Å². The molecule has 0 radical (unpaired) electrons. The molecule has 2 aliphatic rings. The van der Waals surface area contributed by atoms with Gasteiger partial charge in [-0.15, -0.1) is 0 Å². The molecule has 20 heavy (non-hydrogen) atoms. The van der Waals surface area contributed by atoms with E-state index in [4.69, 9.17) is 0 Å². The predicted molar refractivity (Wildman–Crippen MR) is 79.1 cm³/mol. The fourth-order valence-corrected chi connectivity index (χ4v) is 3.28. The predicted octanol–water partition coefficient (Wildman–Crippen LogP) is 2.51. The zero-order chi connectivity index (χ0) is 13.9. The summed E-state index contributed by atoms with van der Waals surface area (Å²) in [6.45, 7) is 2.47. The molecule has 2 unspecified atom stereocenters. The average molecular weight is 275 g/mol. The lowest BCUT2D eigenvalue weighted by Gasteiger charge is -2.22. The van der Waals surface area contributed by atoms with Crippen molar-refractivity contribution in [3.8, 4) is 0 Å². The minimum Gasteiger partial charge on any atom is -0.453 e. The topological polar surface area (TPSA) is 53.6 Å². The van der Waals surface area contributed by atoms with Gasteiger partial charge in [0.1, 0.15) is 0 Å². The SMILES string of the molecule is COC(=O)Nc1ccc(NC2CCN3CCCC23)cc1. The summed E-state index contributed by atoms with van der Waals surface area (Å²) in [6, 6.07) is 9.03. The van der Waals surface area contributed by atoms with E-state index in [2.05, 4.69) is 20.3 Å². The van der Waals surface area contributed by atoms with Gasteiger partial charge < -0.3 is 10.1 Å². The average Bonchev–Trinajstić information content (AvgIpc) is 3.06. The van der Waals surface area contributed by atoms with E-state index in [1.54, 1.807) is 0 Å². The first-order valence-electron chi connectivity index (χ1n) is 7.22. The molecule has 2 fully saturated rings. The van der Waals surface area contributed by atoms with Gasteiger partial charge in [-0.05, 0) is 50.1 Å². The second-order valence-corrected chi connectivity index (χ2v) is 5.48. The third kappa shape index (κ3) is 2.72. The van der Waals surface area contributed by atoms with Crippen molar-refractivity contribution >= 4 is 17.5 Å². The molecule has 0 bridgehead atoms. The van der Waals surface area contributed by atoms with E-state index >= 15 is 0 Å². The third-order valence-corrected chi connectivity index (χ3v) is 4.27. The van der Waals surface area contributed by atoms with Crippen LogP contribution in [-0.4, -0.2) is 43.3 Å². The Balaban J connectivity index is 1.59. The van der Waals surface area contributed by atoms with Gasteiger partial charge in [-0.25, -0.2) is 4.79 Å². The number of rotatable bonds is 3. The van der Waals surface area contributed by atoms with Crippen LogP contribution >= 0.6 is 0 Å². The summed E-state index contributed by atoms with van der Waals surface area (Å²) in [5.74, 6) is 0. The van der Waals surface area contributed by atoms with E-state index in [-0.39, 0.29) is 0 Å². The Hall–Kier alpha value is -1.75. The van der Waals surface area contributed by atoms with Crippen LogP contribution in [-0.2, 0) is 4.74 Å². The van der Waals surface area contributed by atoms with Gasteiger partial charge in [0.2, 0.25) is 0 Å².